The van der Waals surface area contributed by atoms with Gasteiger partial charge in [0.2, 0.25) is 0 Å². The molecule has 0 N–H and O–H groups in total. The van der Waals surface area contributed by atoms with Crippen LogP contribution in [-0.2, 0) is 4.79 Å². The molecule has 94 valence electrons. The van der Waals surface area contributed by atoms with Gasteiger partial charge in [-0.2, -0.15) is 13.2 Å². The van der Waals surface area contributed by atoms with E-state index in [-0.39, 0.29) is 18.1 Å². The number of halogens is 3. The number of likely N-dealkylation sites (tertiary alicyclic amines) is 1. The molecule has 0 aromatic heterocycles. The van der Waals surface area contributed by atoms with Crippen LogP contribution >= 0.6 is 0 Å². The van der Waals surface area contributed by atoms with E-state index in [0.29, 0.717) is 13.1 Å². The zero-order valence-electron chi connectivity index (χ0n) is 9.52. The Balaban J connectivity index is 2.24. The summed E-state index contributed by atoms with van der Waals surface area (Å²) < 4.78 is 35.8. The lowest BCUT2D eigenvalue weighted by Crippen LogP contribution is -2.38. The molecular weight excluding hydrogens is 219 g/mol. The summed E-state index contributed by atoms with van der Waals surface area (Å²) in [5.74, 6) is 0.181. The highest BCUT2D eigenvalue weighted by atomic mass is 19.4. The Morgan fingerprint density at radius 1 is 1.44 bits per heavy atom. The Hall–Kier alpha value is -0.580. The monoisotopic (exact) mass is 237 g/mol. The van der Waals surface area contributed by atoms with Gasteiger partial charge in [0.15, 0.2) is 0 Å². The molecule has 1 saturated heterocycles. The number of Topliss-reactive ketones (excluding diaryl/α,β-unsaturated/α-hetero) is 1. The van der Waals surface area contributed by atoms with Crippen molar-refractivity contribution >= 4 is 5.78 Å². The third kappa shape index (κ3) is 4.96. The molecule has 0 aromatic carbocycles. The Bertz CT molecular complexity index is 240. The van der Waals surface area contributed by atoms with Crippen LogP contribution in [0.4, 0.5) is 13.2 Å². The molecule has 0 aliphatic carbocycles. The van der Waals surface area contributed by atoms with Crippen molar-refractivity contribution in [1.29, 1.82) is 0 Å². The Kier molecular flexibility index (Phi) is 4.77. The Morgan fingerprint density at radius 2 is 2.12 bits per heavy atom. The van der Waals surface area contributed by atoms with Gasteiger partial charge in [0, 0.05) is 18.9 Å². The molecule has 0 saturated carbocycles. The number of rotatable bonds is 4. The van der Waals surface area contributed by atoms with Gasteiger partial charge in [0.05, 0.1) is 0 Å². The molecule has 1 aliphatic rings. The van der Waals surface area contributed by atoms with E-state index in [2.05, 4.69) is 0 Å². The van der Waals surface area contributed by atoms with Gasteiger partial charge >= 0.3 is 6.18 Å². The van der Waals surface area contributed by atoms with Crippen molar-refractivity contribution in [2.75, 3.05) is 19.6 Å². The summed E-state index contributed by atoms with van der Waals surface area (Å²) in [6, 6.07) is 0. The fraction of sp³-hybridized carbons (Fsp3) is 0.909. The van der Waals surface area contributed by atoms with Gasteiger partial charge in [0.25, 0.3) is 0 Å². The molecule has 0 aromatic rings. The zero-order chi connectivity index (χ0) is 12.2. The molecular formula is C11H18F3NO. The minimum Gasteiger partial charge on any atom is -0.303 e. The zero-order valence-corrected chi connectivity index (χ0v) is 9.52. The third-order valence-electron chi connectivity index (χ3n) is 3.02. The molecule has 1 atom stereocenters. The highest BCUT2D eigenvalue weighted by Gasteiger charge is 2.28. The summed E-state index contributed by atoms with van der Waals surface area (Å²) in [5.41, 5.74) is 0. The number of nitrogens with zero attached hydrogens (tertiary/aromatic N) is 1. The van der Waals surface area contributed by atoms with Crippen LogP contribution in [0.15, 0.2) is 0 Å². The quantitative estimate of drug-likeness (QED) is 0.749. The van der Waals surface area contributed by atoms with Crippen LogP contribution in [0, 0.1) is 5.92 Å². The molecule has 16 heavy (non-hydrogen) atoms. The van der Waals surface area contributed by atoms with E-state index in [1.165, 1.54) is 0 Å². The molecule has 1 unspecified atom stereocenters. The van der Waals surface area contributed by atoms with E-state index in [0.717, 1.165) is 19.4 Å². The number of ketones is 1. The van der Waals surface area contributed by atoms with E-state index >= 15 is 0 Å². The maximum atomic E-state index is 11.9. The summed E-state index contributed by atoms with van der Waals surface area (Å²) in [4.78, 5) is 13.1. The standard InChI is InChI=1S/C11H18F3NO/c1-9(16)10-4-2-6-15(8-10)7-3-5-11(12,13)14/h10H,2-8H2,1H3. The molecule has 1 fully saturated rings. The van der Waals surface area contributed by atoms with E-state index in [4.69, 9.17) is 0 Å². The molecule has 0 spiro atoms. The van der Waals surface area contributed by atoms with Gasteiger partial charge < -0.3 is 4.90 Å². The molecule has 2 nitrogen and oxygen atoms in total. The lowest BCUT2D eigenvalue weighted by atomic mass is 9.94. The largest absolute Gasteiger partial charge is 0.389 e. The molecule has 1 aliphatic heterocycles. The van der Waals surface area contributed by atoms with E-state index in [1.807, 2.05) is 4.90 Å². The first-order valence-electron chi connectivity index (χ1n) is 5.68. The van der Waals surface area contributed by atoms with Gasteiger partial charge in [0.1, 0.15) is 5.78 Å². The van der Waals surface area contributed by atoms with Crippen LogP contribution in [0.5, 0.6) is 0 Å². The Morgan fingerprint density at radius 3 is 2.69 bits per heavy atom. The topological polar surface area (TPSA) is 20.3 Å². The van der Waals surface area contributed by atoms with Crippen molar-refractivity contribution in [3.05, 3.63) is 0 Å². The SMILES string of the molecule is CC(=O)C1CCCN(CCCC(F)(F)F)C1. The van der Waals surface area contributed by atoms with Crippen molar-refractivity contribution < 1.29 is 18.0 Å². The third-order valence-corrected chi connectivity index (χ3v) is 3.02. The Labute approximate surface area is 93.8 Å². The van der Waals surface area contributed by atoms with Crippen molar-refractivity contribution in [3.8, 4) is 0 Å². The highest BCUT2D eigenvalue weighted by Crippen LogP contribution is 2.23. The maximum absolute atomic E-state index is 11.9. The van der Waals surface area contributed by atoms with Crippen molar-refractivity contribution in [2.45, 2.75) is 38.8 Å². The number of carbonyl (C=O) groups is 1. The second-order valence-corrected chi connectivity index (χ2v) is 4.47. The molecule has 5 heteroatoms. The summed E-state index contributed by atoms with van der Waals surface area (Å²) in [7, 11) is 0. The minimum atomic E-state index is -4.06. The number of piperidine rings is 1. The first-order chi connectivity index (χ1) is 7.38. The molecule has 0 radical (unpaired) electrons. The van der Waals surface area contributed by atoms with Crippen molar-refractivity contribution in [2.24, 2.45) is 5.92 Å². The van der Waals surface area contributed by atoms with Gasteiger partial charge in [-0.1, -0.05) is 0 Å². The van der Waals surface area contributed by atoms with Crippen LogP contribution in [0.2, 0.25) is 0 Å². The predicted molar refractivity (Wildman–Crippen MR) is 55.1 cm³/mol. The second kappa shape index (κ2) is 5.66. The minimum absolute atomic E-state index is 0.0274. The van der Waals surface area contributed by atoms with Gasteiger partial charge in [-0.05, 0) is 39.3 Å². The van der Waals surface area contributed by atoms with Crippen LogP contribution in [0.3, 0.4) is 0 Å². The van der Waals surface area contributed by atoms with E-state index in [9.17, 15) is 18.0 Å². The maximum Gasteiger partial charge on any atom is 0.389 e. The molecule has 1 heterocycles. The molecule has 0 amide bonds. The number of alkyl halides is 3. The smallest absolute Gasteiger partial charge is 0.303 e. The lowest BCUT2D eigenvalue weighted by molar-refractivity contribution is -0.136. The lowest BCUT2D eigenvalue weighted by Gasteiger charge is -2.31. The number of hydrogen-bond donors (Lipinski definition) is 0. The fourth-order valence-corrected chi connectivity index (χ4v) is 2.09. The molecule has 1 rings (SSSR count). The van der Waals surface area contributed by atoms with E-state index < -0.39 is 12.6 Å². The highest BCUT2D eigenvalue weighted by molar-refractivity contribution is 5.78. The van der Waals surface area contributed by atoms with Crippen LogP contribution in [0.25, 0.3) is 0 Å². The van der Waals surface area contributed by atoms with Gasteiger partial charge in [-0.15, -0.1) is 0 Å². The normalized spacial score (nSPS) is 23.4. The summed E-state index contributed by atoms with van der Waals surface area (Å²) in [6.07, 6.45) is -2.86. The fourth-order valence-electron chi connectivity index (χ4n) is 2.09. The number of hydrogen-bond acceptors (Lipinski definition) is 2. The summed E-state index contributed by atoms with van der Waals surface area (Å²) >= 11 is 0. The first-order valence-corrected chi connectivity index (χ1v) is 5.68. The van der Waals surface area contributed by atoms with Crippen molar-refractivity contribution in [1.82, 2.24) is 4.90 Å². The van der Waals surface area contributed by atoms with Crippen LogP contribution in [0.1, 0.15) is 32.6 Å². The first kappa shape index (κ1) is 13.5. The van der Waals surface area contributed by atoms with E-state index in [1.54, 1.807) is 6.92 Å². The average molecular weight is 237 g/mol. The van der Waals surface area contributed by atoms with Crippen molar-refractivity contribution in [3.63, 3.8) is 0 Å². The average Bonchev–Trinajstić information content (AvgIpc) is 2.16. The van der Waals surface area contributed by atoms with Crippen LogP contribution < -0.4 is 0 Å². The predicted octanol–water partition coefficient (Wildman–Crippen LogP) is 2.63. The second-order valence-electron chi connectivity index (χ2n) is 4.47. The molecule has 0 bridgehead atoms. The van der Waals surface area contributed by atoms with Gasteiger partial charge in [-0.25, -0.2) is 0 Å². The number of carbonyl (C=O) groups excluding carboxylic acids is 1. The van der Waals surface area contributed by atoms with Gasteiger partial charge in [-0.3, -0.25) is 4.79 Å². The summed E-state index contributed by atoms with van der Waals surface area (Å²) in [5, 5.41) is 0. The van der Waals surface area contributed by atoms with Crippen LogP contribution in [-0.4, -0.2) is 36.5 Å². The summed E-state index contributed by atoms with van der Waals surface area (Å²) in [6.45, 7) is 3.46.